The van der Waals surface area contributed by atoms with Crippen molar-refractivity contribution >= 4 is 5.91 Å². The highest BCUT2D eigenvalue weighted by atomic mass is 16.2. The number of rotatable bonds is 7. The maximum absolute atomic E-state index is 13.1. The smallest absolute Gasteiger partial charge is 0.227 e. The number of carbonyl (C=O) groups excluding carboxylic acids is 1. The molecule has 0 aliphatic rings. The van der Waals surface area contributed by atoms with Crippen molar-refractivity contribution in [2.45, 2.75) is 67.1 Å². The molecule has 1 aromatic heterocycles. The fourth-order valence-corrected chi connectivity index (χ4v) is 3.21. The summed E-state index contributed by atoms with van der Waals surface area (Å²) in [6, 6.07) is 9.64. The van der Waals surface area contributed by atoms with Crippen LogP contribution in [0.3, 0.4) is 0 Å². The van der Waals surface area contributed by atoms with E-state index in [2.05, 4.69) is 25.0 Å². The molecule has 1 aromatic carbocycles. The Morgan fingerprint density at radius 3 is 2.33 bits per heavy atom. The van der Waals surface area contributed by atoms with E-state index in [0.29, 0.717) is 24.4 Å². The van der Waals surface area contributed by atoms with Crippen LogP contribution in [-0.4, -0.2) is 26.6 Å². The number of aromatic nitrogens is 2. The third kappa shape index (κ3) is 5.19. The van der Waals surface area contributed by atoms with Gasteiger partial charge in [0.05, 0.1) is 23.7 Å². The van der Waals surface area contributed by atoms with Gasteiger partial charge in [-0.05, 0) is 51.3 Å². The topological polar surface area (TPSA) is 61.9 Å². The first-order chi connectivity index (χ1) is 12.7. The molecular weight excluding hydrogens is 336 g/mol. The van der Waals surface area contributed by atoms with E-state index in [-0.39, 0.29) is 11.9 Å². The molecule has 5 nitrogen and oxygen atoms in total. The van der Waals surface area contributed by atoms with E-state index in [4.69, 9.17) is 5.26 Å². The van der Waals surface area contributed by atoms with Gasteiger partial charge in [0.1, 0.15) is 0 Å². The van der Waals surface area contributed by atoms with Crippen molar-refractivity contribution in [1.82, 2.24) is 14.7 Å². The first kappa shape index (κ1) is 20.7. The van der Waals surface area contributed by atoms with Crippen LogP contribution in [0.2, 0.25) is 0 Å². The molecule has 0 atom stereocenters. The average Bonchev–Trinajstić information content (AvgIpc) is 2.86. The minimum atomic E-state index is 0.0967. The molecular formula is C22H30N4O. The second-order valence-electron chi connectivity index (χ2n) is 7.83. The van der Waals surface area contributed by atoms with E-state index in [1.807, 2.05) is 49.4 Å². The van der Waals surface area contributed by atoms with Gasteiger partial charge in [0, 0.05) is 30.4 Å². The molecule has 2 aromatic rings. The van der Waals surface area contributed by atoms with Crippen LogP contribution >= 0.6 is 0 Å². The second-order valence-corrected chi connectivity index (χ2v) is 7.83. The summed E-state index contributed by atoms with van der Waals surface area (Å²) in [5.74, 6) is 0.611. The monoisotopic (exact) mass is 366 g/mol. The molecule has 0 aliphatic heterocycles. The summed E-state index contributed by atoms with van der Waals surface area (Å²) in [4.78, 5) is 14.9. The second kappa shape index (κ2) is 8.85. The molecule has 0 fully saturated rings. The van der Waals surface area contributed by atoms with E-state index in [0.717, 1.165) is 29.1 Å². The van der Waals surface area contributed by atoms with E-state index in [1.54, 1.807) is 12.1 Å². The number of benzene rings is 1. The Bertz CT molecular complexity index is 825. The standard InChI is InChI=1S/C22H30N4O/c1-15(2)13-26-18(6)21(17(5)24-26)11-22(27)25(16(3)4)14-20-9-7-19(12-23)8-10-20/h7-10,15-16H,11,13-14H2,1-6H3. The van der Waals surface area contributed by atoms with Gasteiger partial charge in [-0.25, -0.2) is 0 Å². The number of carbonyl (C=O) groups is 1. The van der Waals surface area contributed by atoms with Crippen LogP contribution in [0.15, 0.2) is 24.3 Å². The third-order valence-corrected chi connectivity index (χ3v) is 4.78. The summed E-state index contributed by atoms with van der Waals surface area (Å²) < 4.78 is 2.02. The van der Waals surface area contributed by atoms with Crippen molar-refractivity contribution in [2.24, 2.45) is 5.92 Å². The quantitative estimate of drug-likeness (QED) is 0.744. The number of hydrogen-bond acceptors (Lipinski definition) is 3. The lowest BCUT2D eigenvalue weighted by molar-refractivity contribution is -0.132. The first-order valence-electron chi connectivity index (χ1n) is 9.54. The summed E-state index contributed by atoms with van der Waals surface area (Å²) in [7, 11) is 0. The summed E-state index contributed by atoms with van der Waals surface area (Å²) in [6.45, 7) is 13.8. The van der Waals surface area contributed by atoms with Crippen LogP contribution in [0.5, 0.6) is 0 Å². The van der Waals surface area contributed by atoms with Gasteiger partial charge >= 0.3 is 0 Å². The van der Waals surface area contributed by atoms with E-state index >= 15 is 0 Å². The van der Waals surface area contributed by atoms with Gasteiger partial charge in [-0.2, -0.15) is 10.4 Å². The SMILES string of the molecule is Cc1nn(CC(C)C)c(C)c1CC(=O)N(Cc1ccc(C#N)cc1)C(C)C. The Labute approximate surface area is 162 Å². The molecule has 1 heterocycles. The number of aryl methyl sites for hydroxylation is 1. The van der Waals surface area contributed by atoms with E-state index in [9.17, 15) is 4.79 Å². The largest absolute Gasteiger partial charge is 0.336 e. The van der Waals surface area contributed by atoms with Gasteiger partial charge in [0.15, 0.2) is 0 Å². The Kier molecular flexibility index (Phi) is 6.79. The molecule has 0 saturated carbocycles. The Hall–Kier alpha value is -2.61. The van der Waals surface area contributed by atoms with Gasteiger partial charge in [-0.1, -0.05) is 26.0 Å². The minimum Gasteiger partial charge on any atom is -0.336 e. The number of nitrogens with zero attached hydrogens (tertiary/aromatic N) is 4. The summed E-state index contributed by atoms with van der Waals surface area (Å²) >= 11 is 0. The highest BCUT2D eigenvalue weighted by Gasteiger charge is 2.21. The highest BCUT2D eigenvalue weighted by molar-refractivity contribution is 5.79. The van der Waals surface area contributed by atoms with Crippen molar-refractivity contribution < 1.29 is 4.79 Å². The number of amides is 1. The molecule has 0 unspecified atom stereocenters. The molecule has 5 heteroatoms. The van der Waals surface area contributed by atoms with E-state index in [1.165, 1.54) is 0 Å². The Morgan fingerprint density at radius 1 is 1.19 bits per heavy atom. The lowest BCUT2D eigenvalue weighted by atomic mass is 10.1. The zero-order valence-corrected chi connectivity index (χ0v) is 17.3. The maximum atomic E-state index is 13.1. The highest BCUT2D eigenvalue weighted by Crippen LogP contribution is 2.18. The summed E-state index contributed by atoms with van der Waals surface area (Å²) in [6.07, 6.45) is 0.365. The zero-order chi connectivity index (χ0) is 20.1. The van der Waals surface area contributed by atoms with Crippen LogP contribution in [0.4, 0.5) is 0 Å². The molecule has 27 heavy (non-hydrogen) atoms. The Morgan fingerprint density at radius 2 is 1.81 bits per heavy atom. The predicted molar refractivity (Wildman–Crippen MR) is 107 cm³/mol. The molecule has 0 bridgehead atoms. The molecule has 2 rings (SSSR count). The van der Waals surface area contributed by atoms with Gasteiger partial charge in [-0.3, -0.25) is 9.48 Å². The van der Waals surface area contributed by atoms with Crippen molar-refractivity contribution in [2.75, 3.05) is 0 Å². The van der Waals surface area contributed by atoms with Gasteiger partial charge in [0.25, 0.3) is 0 Å². The molecule has 0 aliphatic carbocycles. The van der Waals surface area contributed by atoms with Crippen molar-refractivity contribution in [1.29, 1.82) is 5.26 Å². The van der Waals surface area contributed by atoms with Gasteiger partial charge in [-0.15, -0.1) is 0 Å². The van der Waals surface area contributed by atoms with Crippen LogP contribution in [0.25, 0.3) is 0 Å². The minimum absolute atomic E-state index is 0.0967. The summed E-state index contributed by atoms with van der Waals surface area (Å²) in [5.41, 5.74) is 4.70. The lowest BCUT2D eigenvalue weighted by Gasteiger charge is -2.27. The molecule has 0 N–H and O–H groups in total. The first-order valence-corrected chi connectivity index (χ1v) is 9.54. The van der Waals surface area contributed by atoms with Gasteiger partial charge < -0.3 is 4.90 Å². The lowest BCUT2D eigenvalue weighted by Crippen LogP contribution is -2.37. The fraction of sp³-hybridized carbons (Fsp3) is 0.500. The molecule has 144 valence electrons. The van der Waals surface area contributed by atoms with E-state index < -0.39 is 0 Å². The molecule has 1 amide bonds. The van der Waals surface area contributed by atoms with Crippen LogP contribution in [-0.2, 0) is 24.3 Å². The number of nitriles is 1. The zero-order valence-electron chi connectivity index (χ0n) is 17.3. The molecule has 0 saturated heterocycles. The van der Waals surface area contributed by atoms with Crippen molar-refractivity contribution in [3.05, 3.63) is 52.3 Å². The van der Waals surface area contributed by atoms with Crippen molar-refractivity contribution in [3.8, 4) is 6.07 Å². The third-order valence-electron chi connectivity index (χ3n) is 4.78. The number of hydrogen-bond donors (Lipinski definition) is 0. The van der Waals surface area contributed by atoms with Crippen molar-refractivity contribution in [3.63, 3.8) is 0 Å². The molecule has 0 radical (unpaired) electrons. The molecule has 0 spiro atoms. The predicted octanol–water partition coefficient (Wildman–Crippen LogP) is 4.01. The normalized spacial score (nSPS) is 11.1. The maximum Gasteiger partial charge on any atom is 0.227 e. The summed E-state index contributed by atoms with van der Waals surface area (Å²) in [5, 5.41) is 13.6. The van der Waals surface area contributed by atoms with Crippen LogP contribution in [0.1, 0.15) is 55.8 Å². The van der Waals surface area contributed by atoms with Crippen LogP contribution in [0, 0.1) is 31.1 Å². The van der Waals surface area contributed by atoms with Gasteiger partial charge in [0.2, 0.25) is 5.91 Å². The Balaban J connectivity index is 2.17. The van der Waals surface area contributed by atoms with Crippen LogP contribution < -0.4 is 0 Å². The fourth-order valence-electron chi connectivity index (χ4n) is 3.21. The average molecular weight is 367 g/mol.